The Labute approximate surface area is 146 Å². The third kappa shape index (κ3) is 3.90. The van der Waals surface area contributed by atoms with Gasteiger partial charge in [-0.05, 0) is 29.3 Å². The summed E-state index contributed by atoms with van der Waals surface area (Å²) in [5.74, 6) is -0.139. The Bertz CT molecular complexity index is 918. The van der Waals surface area contributed by atoms with Crippen LogP contribution in [0.1, 0.15) is 27.7 Å². The number of benzene rings is 2. The van der Waals surface area contributed by atoms with Gasteiger partial charge in [0.2, 0.25) is 5.89 Å². The largest absolute Gasteiger partial charge is 0.452 e. The highest BCUT2D eigenvalue weighted by atomic mass is 19.4. The molecule has 0 atom stereocenters. The summed E-state index contributed by atoms with van der Waals surface area (Å²) in [6.45, 7) is 1.42. The van der Waals surface area contributed by atoms with Crippen LogP contribution in [0.3, 0.4) is 0 Å². The fraction of sp³-hybridized carbons (Fsp3) is 0.167. The third-order valence-corrected chi connectivity index (χ3v) is 3.56. The van der Waals surface area contributed by atoms with Crippen LogP contribution in [0.4, 0.5) is 13.2 Å². The lowest BCUT2D eigenvalue weighted by molar-refractivity contribution is -0.137. The van der Waals surface area contributed by atoms with Crippen molar-refractivity contribution < 1.29 is 27.1 Å². The van der Waals surface area contributed by atoms with E-state index in [1.54, 1.807) is 25.1 Å². The maximum absolute atomic E-state index is 12.7. The average Bonchev–Trinajstić information content (AvgIpc) is 3.04. The van der Waals surface area contributed by atoms with Crippen LogP contribution in [0.25, 0.3) is 11.1 Å². The molecule has 0 spiro atoms. The predicted molar refractivity (Wildman–Crippen MR) is 85.0 cm³/mol. The number of carbonyl (C=O) groups is 1. The number of esters is 1. The van der Waals surface area contributed by atoms with Gasteiger partial charge in [0.05, 0.1) is 11.1 Å². The number of aromatic nitrogens is 2. The lowest BCUT2D eigenvalue weighted by Gasteiger charge is -2.11. The molecule has 0 saturated carbocycles. The van der Waals surface area contributed by atoms with Gasteiger partial charge in [0, 0.05) is 6.92 Å². The van der Waals surface area contributed by atoms with Gasteiger partial charge in [0.15, 0.2) is 6.61 Å². The minimum Gasteiger partial charge on any atom is -0.452 e. The summed E-state index contributed by atoms with van der Waals surface area (Å²) in [5, 5.41) is 7.35. The van der Waals surface area contributed by atoms with Crippen LogP contribution in [0.15, 0.2) is 52.9 Å². The number of nitrogens with zero attached hydrogens (tertiary/aromatic N) is 2. The fourth-order valence-corrected chi connectivity index (χ4v) is 2.35. The molecular weight excluding hydrogens is 349 g/mol. The summed E-state index contributed by atoms with van der Waals surface area (Å²) in [6.07, 6.45) is -4.42. The number of hydrogen-bond donors (Lipinski definition) is 0. The molecule has 1 aromatic heterocycles. The van der Waals surface area contributed by atoms with Gasteiger partial charge in [-0.25, -0.2) is 4.79 Å². The van der Waals surface area contributed by atoms with Crippen LogP contribution >= 0.6 is 0 Å². The summed E-state index contributed by atoms with van der Waals surface area (Å²) in [6, 6.07) is 11.1. The molecule has 0 bridgehead atoms. The quantitative estimate of drug-likeness (QED) is 0.643. The SMILES string of the molecule is Cc1nnc(COC(=O)c2ccccc2-c2ccc(C(F)(F)F)cc2)o1. The van der Waals surface area contributed by atoms with E-state index >= 15 is 0 Å². The standard InChI is InChI=1S/C18H13F3N2O3/c1-11-22-23-16(26-11)10-25-17(24)15-5-3-2-4-14(15)12-6-8-13(9-7-12)18(19,20)21/h2-9H,10H2,1H3. The molecule has 8 heteroatoms. The van der Waals surface area contributed by atoms with Crippen molar-refractivity contribution in [3.05, 3.63) is 71.4 Å². The third-order valence-electron chi connectivity index (χ3n) is 3.56. The molecular formula is C18H13F3N2O3. The number of hydrogen-bond acceptors (Lipinski definition) is 5. The van der Waals surface area contributed by atoms with Crippen LogP contribution < -0.4 is 0 Å². The van der Waals surface area contributed by atoms with Crippen molar-refractivity contribution in [1.29, 1.82) is 0 Å². The molecule has 1 heterocycles. The Kier molecular flexibility index (Phi) is 4.75. The Balaban J connectivity index is 1.82. The second kappa shape index (κ2) is 6.99. The van der Waals surface area contributed by atoms with Gasteiger partial charge < -0.3 is 9.15 Å². The highest BCUT2D eigenvalue weighted by molar-refractivity contribution is 5.97. The molecule has 5 nitrogen and oxygen atoms in total. The summed E-state index contributed by atoms with van der Waals surface area (Å²) in [4.78, 5) is 12.4. The molecule has 0 fully saturated rings. The monoisotopic (exact) mass is 362 g/mol. The van der Waals surface area contributed by atoms with Crippen molar-refractivity contribution in [2.75, 3.05) is 0 Å². The van der Waals surface area contributed by atoms with Gasteiger partial charge >= 0.3 is 12.1 Å². The van der Waals surface area contributed by atoms with Crippen LogP contribution in [0.5, 0.6) is 0 Å². The lowest BCUT2D eigenvalue weighted by atomic mass is 9.98. The van der Waals surface area contributed by atoms with Gasteiger partial charge in [-0.2, -0.15) is 13.2 Å². The number of rotatable bonds is 4. The van der Waals surface area contributed by atoms with Crippen LogP contribution in [0, 0.1) is 6.92 Å². The first-order valence-corrected chi connectivity index (χ1v) is 7.57. The average molecular weight is 362 g/mol. The van der Waals surface area contributed by atoms with E-state index in [0.717, 1.165) is 12.1 Å². The maximum Gasteiger partial charge on any atom is 0.416 e. The Morgan fingerprint density at radius 3 is 2.38 bits per heavy atom. The van der Waals surface area contributed by atoms with Crippen molar-refractivity contribution in [3.63, 3.8) is 0 Å². The molecule has 2 aromatic carbocycles. The van der Waals surface area contributed by atoms with Crippen molar-refractivity contribution >= 4 is 5.97 Å². The highest BCUT2D eigenvalue weighted by Crippen LogP contribution is 2.32. The number of ether oxygens (including phenoxy) is 1. The summed E-state index contributed by atoms with van der Waals surface area (Å²) in [7, 11) is 0. The van der Waals surface area contributed by atoms with E-state index in [1.165, 1.54) is 18.2 Å². The van der Waals surface area contributed by atoms with E-state index in [1.807, 2.05) is 0 Å². The van der Waals surface area contributed by atoms with Crippen molar-refractivity contribution in [1.82, 2.24) is 10.2 Å². The number of alkyl halides is 3. The van der Waals surface area contributed by atoms with Crippen LogP contribution in [-0.4, -0.2) is 16.2 Å². The normalized spacial score (nSPS) is 11.4. The molecule has 0 saturated heterocycles. The molecule has 134 valence electrons. The van der Waals surface area contributed by atoms with Crippen molar-refractivity contribution in [2.45, 2.75) is 19.7 Å². The zero-order chi connectivity index (χ0) is 18.7. The van der Waals surface area contributed by atoms with Crippen molar-refractivity contribution in [3.8, 4) is 11.1 Å². The van der Waals surface area contributed by atoms with Crippen LogP contribution in [-0.2, 0) is 17.5 Å². The van der Waals surface area contributed by atoms with E-state index in [4.69, 9.17) is 9.15 Å². The molecule has 0 N–H and O–H groups in total. The van der Waals surface area contributed by atoms with E-state index in [9.17, 15) is 18.0 Å². The molecule has 3 aromatic rings. The second-order valence-corrected chi connectivity index (χ2v) is 5.41. The van der Waals surface area contributed by atoms with Gasteiger partial charge in [0.25, 0.3) is 5.89 Å². The molecule has 0 aliphatic carbocycles. The predicted octanol–water partition coefficient (Wildman–Crippen LogP) is 4.42. The first-order valence-electron chi connectivity index (χ1n) is 7.57. The highest BCUT2D eigenvalue weighted by Gasteiger charge is 2.30. The topological polar surface area (TPSA) is 65.2 Å². The molecule has 0 aliphatic heterocycles. The van der Waals surface area contributed by atoms with Crippen LogP contribution in [0.2, 0.25) is 0 Å². The Morgan fingerprint density at radius 2 is 1.77 bits per heavy atom. The van der Waals surface area contributed by atoms with E-state index in [-0.39, 0.29) is 18.1 Å². The Hall–Kier alpha value is -3.16. The van der Waals surface area contributed by atoms with Gasteiger partial charge in [-0.15, -0.1) is 10.2 Å². The summed E-state index contributed by atoms with van der Waals surface area (Å²) >= 11 is 0. The number of aryl methyl sites for hydroxylation is 1. The summed E-state index contributed by atoms with van der Waals surface area (Å²) < 4.78 is 48.4. The minimum absolute atomic E-state index is 0.155. The molecule has 0 radical (unpaired) electrons. The first kappa shape index (κ1) is 17.7. The first-order chi connectivity index (χ1) is 12.3. The zero-order valence-electron chi connectivity index (χ0n) is 13.6. The molecule has 26 heavy (non-hydrogen) atoms. The number of halogens is 3. The lowest BCUT2D eigenvalue weighted by Crippen LogP contribution is -2.07. The van der Waals surface area contributed by atoms with Crippen molar-refractivity contribution in [2.24, 2.45) is 0 Å². The van der Waals surface area contributed by atoms with Gasteiger partial charge in [-0.1, -0.05) is 30.3 Å². The van der Waals surface area contributed by atoms with E-state index in [2.05, 4.69) is 10.2 Å². The van der Waals surface area contributed by atoms with Gasteiger partial charge in [0.1, 0.15) is 0 Å². The smallest absolute Gasteiger partial charge is 0.416 e. The van der Waals surface area contributed by atoms with E-state index in [0.29, 0.717) is 17.0 Å². The second-order valence-electron chi connectivity index (χ2n) is 5.41. The molecule has 0 unspecified atom stereocenters. The minimum atomic E-state index is -4.42. The Morgan fingerprint density at radius 1 is 1.08 bits per heavy atom. The number of carbonyl (C=O) groups excluding carboxylic acids is 1. The molecule has 3 rings (SSSR count). The fourth-order valence-electron chi connectivity index (χ4n) is 2.35. The molecule has 0 amide bonds. The van der Waals surface area contributed by atoms with E-state index < -0.39 is 17.7 Å². The molecule has 0 aliphatic rings. The van der Waals surface area contributed by atoms with Gasteiger partial charge in [-0.3, -0.25) is 0 Å². The zero-order valence-corrected chi connectivity index (χ0v) is 13.6. The summed E-state index contributed by atoms with van der Waals surface area (Å²) in [5.41, 5.74) is 0.406. The maximum atomic E-state index is 12.7.